The number of H-pyrrole nitrogens is 1. The molecule has 0 saturated carbocycles. The molecule has 9 nitrogen and oxygen atoms in total. The van der Waals surface area contributed by atoms with Crippen molar-refractivity contribution in [1.29, 1.82) is 0 Å². The molecule has 0 spiro atoms. The molecule has 5 aromatic rings. The number of hydrogen-bond acceptors (Lipinski definition) is 8. The van der Waals surface area contributed by atoms with Crippen molar-refractivity contribution in [2.24, 2.45) is 0 Å². The average molecular weight is 500 g/mol. The lowest BCUT2D eigenvalue weighted by molar-refractivity contribution is 0.0402. The zero-order valence-electron chi connectivity index (χ0n) is 19.9. The zero-order valence-corrected chi connectivity index (χ0v) is 20.7. The number of nitrogens with one attached hydrogen (secondary N) is 2. The first-order chi connectivity index (χ1) is 17.5. The van der Waals surface area contributed by atoms with Gasteiger partial charge in [0.1, 0.15) is 6.10 Å². The van der Waals surface area contributed by atoms with Gasteiger partial charge in [-0.15, -0.1) is 11.3 Å². The number of morpholine rings is 1. The molecule has 5 heterocycles. The zero-order chi connectivity index (χ0) is 24.7. The Bertz CT molecular complexity index is 1550. The normalized spacial score (nSPS) is 16.5. The summed E-state index contributed by atoms with van der Waals surface area (Å²) in [5, 5.41) is 11.4. The molecule has 1 fully saturated rings. The van der Waals surface area contributed by atoms with Gasteiger partial charge in [-0.3, -0.25) is 14.9 Å². The molecule has 10 heteroatoms. The van der Waals surface area contributed by atoms with Crippen LogP contribution in [0, 0.1) is 0 Å². The lowest BCUT2D eigenvalue weighted by Crippen LogP contribution is -2.40. The molecule has 1 amide bonds. The fourth-order valence-corrected chi connectivity index (χ4v) is 5.52. The molecule has 2 N–H and O–H groups in total. The number of pyridine rings is 1. The first-order valence-corrected chi connectivity index (χ1v) is 12.6. The molecule has 1 atom stereocenters. The van der Waals surface area contributed by atoms with Crippen LogP contribution in [-0.4, -0.2) is 50.8 Å². The minimum absolute atomic E-state index is 0.0981. The number of rotatable bonds is 5. The van der Waals surface area contributed by atoms with E-state index >= 15 is 0 Å². The number of aromatic amines is 1. The van der Waals surface area contributed by atoms with Gasteiger partial charge in [0.15, 0.2) is 0 Å². The van der Waals surface area contributed by atoms with E-state index in [9.17, 15) is 4.79 Å². The highest BCUT2D eigenvalue weighted by Gasteiger charge is 2.28. The van der Waals surface area contributed by atoms with Crippen molar-refractivity contribution in [2.75, 3.05) is 24.6 Å². The molecular formula is C26H25N7O2S. The number of benzene rings is 1. The highest BCUT2D eigenvalue weighted by molar-refractivity contribution is 7.19. The van der Waals surface area contributed by atoms with E-state index in [2.05, 4.69) is 36.4 Å². The number of fused-ring (bicyclic) bond motifs is 2. The number of aromatic nitrogens is 5. The number of amides is 1. The van der Waals surface area contributed by atoms with Gasteiger partial charge in [-0.25, -0.2) is 9.97 Å². The molecule has 182 valence electrons. The maximum absolute atomic E-state index is 12.7. The van der Waals surface area contributed by atoms with Crippen LogP contribution in [0.15, 0.2) is 61.2 Å². The Kier molecular flexibility index (Phi) is 5.62. The molecule has 1 aromatic carbocycles. The Morgan fingerprint density at radius 3 is 3.00 bits per heavy atom. The highest BCUT2D eigenvalue weighted by atomic mass is 32.1. The molecule has 0 radical (unpaired) electrons. The van der Waals surface area contributed by atoms with E-state index < -0.39 is 5.54 Å². The summed E-state index contributed by atoms with van der Waals surface area (Å²) in [6, 6.07) is 11.7. The van der Waals surface area contributed by atoms with E-state index in [1.165, 1.54) is 0 Å². The molecule has 1 aliphatic rings. The monoisotopic (exact) mass is 499 g/mol. The van der Waals surface area contributed by atoms with Crippen molar-refractivity contribution in [3.05, 3.63) is 77.2 Å². The van der Waals surface area contributed by atoms with Gasteiger partial charge in [0.05, 0.1) is 52.4 Å². The van der Waals surface area contributed by atoms with Gasteiger partial charge < -0.3 is 15.0 Å². The first-order valence-electron chi connectivity index (χ1n) is 11.8. The molecule has 0 aliphatic carbocycles. The van der Waals surface area contributed by atoms with Gasteiger partial charge in [-0.05, 0) is 43.7 Å². The second-order valence-corrected chi connectivity index (χ2v) is 10.4. The summed E-state index contributed by atoms with van der Waals surface area (Å²) >= 11 is 1.59. The van der Waals surface area contributed by atoms with Crippen LogP contribution in [-0.2, 0) is 10.3 Å². The van der Waals surface area contributed by atoms with Crippen LogP contribution in [0.3, 0.4) is 0 Å². The molecule has 0 bridgehead atoms. The van der Waals surface area contributed by atoms with Crippen LogP contribution < -0.4 is 10.2 Å². The predicted molar refractivity (Wildman–Crippen MR) is 139 cm³/mol. The van der Waals surface area contributed by atoms with Gasteiger partial charge >= 0.3 is 0 Å². The number of ether oxygens (including phenoxy) is 1. The van der Waals surface area contributed by atoms with E-state index in [0.29, 0.717) is 31.2 Å². The highest BCUT2D eigenvalue weighted by Crippen LogP contribution is 2.34. The molecule has 6 rings (SSSR count). The number of anilines is 1. The van der Waals surface area contributed by atoms with Gasteiger partial charge in [-0.1, -0.05) is 12.1 Å². The van der Waals surface area contributed by atoms with Crippen LogP contribution in [0.2, 0.25) is 0 Å². The standard InChI is InChI=1S/C26H25N7O2S/c1-26(2,31-24(34)16-5-4-8-27-12-16)23-11-20-22(36-23)14-28-25(30-20)33-9-10-35-21(15-33)17-6-3-7-19-18(17)13-29-32-19/h3-8,11-14,21H,9-10,15H2,1-2H3,(H,29,32)(H,31,34). The van der Waals surface area contributed by atoms with Crippen LogP contribution in [0.5, 0.6) is 0 Å². The third kappa shape index (κ3) is 4.18. The fourth-order valence-electron chi connectivity index (χ4n) is 4.49. The van der Waals surface area contributed by atoms with Gasteiger partial charge in [0.2, 0.25) is 5.95 Å². The molecule has 4 aromatic heterocycles. The Morgan fingerprint density at radius 1 is 1.22 bits per heavy atom. The Morgan fingerprint density at radius 2 is 2.14 bits per heavy atom. The smallest absolute Gasteiger partial charge is 0.253 e. The summed E-state index contributed by atoms with van der Waals surface area (Å²) in [5.74, 6) is 0.515. The van der Waals surface area contributed by atoms with Crippen LogP contribution in [0.25, 0.3) is 21.1 Å². The Hall–Kier alpha value is -3.89. The van der Waals surface area contributed by atoms with E-state index in [0.717, 1.165) is 31.6 Å². The summed E-state index contributed by atoms with van der Waals surface area (Å²) in [6.07, 6.45) is 6.83. The average Bonchev–Trinajstić information content (AvgIpc) is 3.56. The maximum Gasteiger partial charge on any atom is 0.253 e. The predicted octanol–water partition coefficient (Wildman–Crippen LogP) is 4.21. The lowest BCUT2D eigenvalue weighted by Gasteiger charge is -2.33. The summed E-state index contributed by atoms with van der Waals surface area (Å²) in [7, 11) is 0. The van der Waals surface area contributed by atoms with Crippen molar-refractivity contribution in [3.8, 4) is 0 Å². The Balaban J connectivity index is 1.23. The second-order valence-electron chi connectivity index (χ2n) is 9.33. The quantitative estimate of drug-likeness (QED) is 0.373. The first kappa shape index (κ1) is 22.6. The number of hydrogen-bond donors (Lipinski definition) is 2. The molecule has 1 saturated heterocycles. The van der Waals surface area contributed by atoms with Crippen LogP contribution >= 0.6 is 11.3 Å². The molecule has 36 heavy (non-hydrogen) atoms. The Labute approximate surface area is 211 Å². The van der Waals surface area contributed by atoms with Gasteiger partial charge in [0, 0.05) is 29.2 Å². The third-order valence-electron chi connectivity index (χ3n) is 6.44. The van der Waals surface area contributed by atoms with E-state index in [1.54, 1.807) is 35.9 Å². The molecule has 1 aliphatic heterocycles. The van der Waals surface area contributed by atoms with Gasteiger partial charge in [-0.2, -0.15) is 5.10 Å². The molecule has 1 unspecified atom stereocenters. The maximum atomic E-state index is 12.7. The van der Waals surface area contributed by atoms with Crippen molar-refractivity contribution in [1.82, 2.24) is 30.5 Å². The third-order valence-corrected chi connectivity index (χ3v) is 7.82. The fraction of sp³-hybridized carbons (Fsp3) is 0.269. The number of nitrogens with zero attached hydrogens (tertiary/aromatic N) is 5. The topological polar surface area (TPSA) is 109 Å². The largest absolute Gasteiger partial charge is 0.370 e. The van der Waals surface area contributed by atoms with E-state index in [4.69, 9.17) is 9.72 Å². The van der Waals surface area contributed by atoms with Gasteiger partial charge in [0.25, 0.3) is 5.91 Å². The SMILES string of the molecule is CC(C)(NC(=O)c1cccnc1)c1cc2nc(N3CCOC(c4cccc5[nH]ncc45)C3)ncc2s1. The van der Waals surface area contributed by atoms with Crippen LogP contribution in [0.4, 0.5) is 5.95 Å². The van der Waals surface area contributed by atoms with Crippen LogP contribution in [0.1, 0.15) is 40.8 Å². The number of carbonyl (C=O) groups excluding carboxylic acids is 1. The molecular weight excluding hydrogens is 474 g/mol. The number of thiophene rings is 1. The van der Waals surface area contributed by atoms with E-state index in [-0.39, 0.29) is 12.0 Å². The van der Waals surface area contributed by atoms with Crippen molar-refractivity contribution < 1.29 is 9.53 Å². The summed E-state index contributed by atoms with van der Waals surface area (Å²) < 4.78 is 7.10. The summed E-state index contributed by atoms with van der Waals surface area (Å²) in [4.78, 5) is 29.5. The van der Waals surface area contributed by atoms with Crippen molar-refractivity contribution in [2.45, 2.75) is 25.5 Å². The minimum Gasteiger partial charge on any atom is -0.370 e. The van der Waals surface area contributed by atoms with Crippen molar-refractivity contribution >= 4 is 44.3 Å². The second kappa shape index (κ2) is 8.96. The number of carbonyl (C=O) groups is 1. The van der Waals surface area contributed by atoms with Crippen molar-refractivity contribution in [3.63, 3.8) is 0 Å². The minimum atomic E-state index is -0.578. The summed E-state index contributed by atoms with van der Waals surface area (Å²) in [5.41, 5.74) is 2.92. The summed E-state index contributed by atoms with van der Waals surface area (Å²) in [6.45, 7) is 5.93. The van der Waals surface area contributed by atoms with E-state index in [1.807, 2.05) is 44.4 Å². The lowest BCUT2D eigenvalue weighted by atomic mass is 10.0.